The fourth-order valence-corrected chi connectivity index (χ4v) is 2.61. The Morgan fingerprint density at radius 3 is 1.12 bits per heavy atom. The van der Waals surface area contributed by atoms with Crippen molar-refractivity contribution in [2.75, 3.05) is 79.3 Å². The number of ether oxygens (including phenoxy) is 7. The fourth-order valence-electron chi connectivity index (χ4n) is 2.61. The molecule has 2 fully saturated rings. The van der Waals surface area contributed by atoms with Gasteiger partial charge in [-0.3, -0.25) is 0 Å². The second-order valence-corrected chi connectivity index (χ2v) is 6.59. The van der Waals surface area contributed by atoms with E-state index >= 15 is 0 Å². The van der Waals surface area contributed by atoms with Crippen molar-refractivity contribution in [3.63, 3.8) is 0 Å². The number of hydrogen-bond donors (Lipinski definition) is 0. The molecule has 0 spiro atoms. The summed E-state index contributed by atoms with van der Waals surface area (Å²) in [5.41, 5.74) is -0.132. The summed E-state index contributed by atoms with van der Waals surface area (Å²) in [6.45, 7) is 11.7. The van der Waals surface area contributed by atoms with Gasteiger partial charge in [0.1, 0.15) is 11.2 Å². The molecule has 0 amide bonds. The Hall–Kier alpha value is -0.280. The lowest BCUT2D eigenvalue weighted by Crippen LogP contribution is -2.51. The molecule has 25 heavy (non-hydrogen) atoms. The van der Waals surface area contributed by atoms with Gasteiger partial charge in [-0.25, -0.2) is 0 Å². The molecule has 2 aliphatic heterocycles. The van der Waals surface area contributed by atoms with Crippen molar-refractivity contribution in [2.45, 2.75) is 37.9 Å². The molecule has 0 aromatic heterocycles. The van der Waals surface area contributed by atoms with Gasteiger partial charge in [0.2, 0.25) is 0 Å². The molecule has 0 unspecified atom stereocenters. The molecule has 0 aromatic carbocycles. The zero-order valence-electron chi connectivity index (χ0n) is 15.8. The molecular formula is C18H34O7. The second-order valence-electron chi connectivity index (χ2n) is 6.59. The van der Waals surface area contributed by atoms with Gasteiger partial charge >= 0.3 is 0 Å². The van der Waals surface area contributed by atoms with E-state index in [2.05, 4.69) is 13.8 Å². The van der Waals surface area contributed by atoms with E-state index in [1.54, 1.807) is 0 Å². The van der Waals surface area contributed by atoms with E-state index < -0.39 is 0 Å². The van der Waals surface area contributed by atoms with Crippen LogP contribution in [0.2, 0.25) is 0 Å². The van der Waals surface area contributed by atoms with Gasteiger partial charge in [0, 0.05) is 0 Å². The van der Waals surface area contributed by atoms with Crippen LogP contribution < -0.4 is 0 Å². The summed E-state index contributed by atoms with van der Waals surface area (Å²) < 4.78 is 38.5. The third-order valence-corrected chi connectivity index (χ3v) is 4.76. The van der Waals surface area contributed by atoms with E-state index in [4.69, 9.17) is 33.2 Å². The standard InChI is InChI=1S/C18H34O7/c1-3-17(13-22-14-17)24-11-9-20-7-5-19-6-8-21-10-12-25-18(4-2)15-23-16-18/h3-16H2,1-2H3. The Kier molecular flexibility index (Phi) is 9.62. The van der Waals surface area contributed by atoms with Crippen LogP contribution >= 0.6 is 0 Å². The highest BCUT2D eigenvalue weighted by atomic mass is 16.6. The van der Waals surface area contributed by atoms with Gasteiger partial charge in [-0.2, -0.15) is 0 Å². The van der Waals surface area contributed by atoms with E-state index in [0.717, 1.165) is 12.8 Å². The second kappa shape index (κ2) is 11.4. The van der Waals surface area contributed by atoms with Crippen molar-refractivity contribution < 1.29 is 33.2 Å². The SMILES string of the molecule is CCC1(OCCOCCOCCOCCOC2(CC)COC2)COC1. The first-order chi connectivity index (χ1) is 12.2. The van der Waals surface area contributed by atoms with Gasteiger partial charge in [-0.05, 0) is 12.8 Å². The van der Waals surface area contributed by atoms with Crippen LogP contribution in [0.3, 0.4) is 0 Å². The summed E-state index contributed by atoms with van der Waals surface area (Å²) in [4.78, 5) is 0. The van der Waals surface area contributed by atoms with Gasteiger partial charge in [0.05, 0.1) is 79.3 Å². The highest BCUT2D eigenvalue weighted by Crippen LogP contribution is 2.25. The van der Waals surface area contributed by atoms with Crippen molar-refractivity contribution in [2.24, 2.45) is 0 Å². The van der Waals surface area contributed by atoms with Crippen molar-refractivity contribution in [3.8, 4) is 0 Å². The third-order valence-electron chi connectivity index (χ3n) is 4.76. The quantitative estimate of drug-likeness (QED) is 0.385. The van der Waals surface area contributed by atoms with Crippen molar-refractivity contribution >= 4 is 0 Å². The summed E-state index contributed by atoms with van der Waals surface area (Å²) in [6, 6.07) is 0. The monoisotopic (exact) mass is 362 g/mol. The average molecular weight is 362 g/mol. The summed E-state index contributed by atoms with van der Waals surface area (Å²) in [5, 5.41) is 0. The van der Waals surface area contributed by atoms with Crippen LogP contribution in [0.5, 0.6) is 0 Å². The minimum Gasteiger partial charge on any atom is -0.377 e. The fraction of sp³-hybridized carbons (Fsp3) is 1.00. The van der Waals surface area contributed by atoms with E-state index in [1.165, 1.54) is 0 Å². The molecule has 0 aromatic rings. The van der Waals surface area contributed by atoms with Crippen LogP contribution in [0.4, 0.5) is 0 Å². The molecule has 0 N–H and O–H groups in total. The first-order valence-corrected chi connectivity index (χ1v) is 9.41. The minimum atomic E-state index is -0.0661. The van der Waals surface area contributed by atoms with Crippen LogP contribution in [0, 0.1) is 0 Å². The van der Waals surface area contributed by atoms with Gasteiger partial charge in [0.15, 0.2) is 0 Å². The lowest BCUT2D eigenvalue weighted by atomic mass is 9.99. The van der Waals surface area contributed by atoms with Crippen LogP contribution in [0.1, 0.15) is 26.7 Å². The maximum atomic E-state index is 5.81. The first-order valence-electron chi connectivity index (χ1n) is 9.41. The molecule has 2 heterocycles. The normalized spacial score (nSPS) is 20.9. The third kappa shape index (κ3) is 7.09. The maximum absolute atomic E-state index is 5.81. The van der Waals surface area contributed by atoms with Crippen molar-refractivity contribution in [3.05, 3.63) is 0 Å². The van der Waals surface area contributed by atoms with Gasteiger partial charge < -0.3 is 33.2 Å². The Bertz CT molecular complexity index is 299. The van der Waals surface area contributed by atoms with Crippen molar-refractivity contribution in [1.29, 1.82) is 0 Å². The molecule has 0 radical (unpaired) electrons. The molecule has 2 rings (SSSR count). The molecule has 2 aliphatic rings. The van der Waals surface area contributed by atoms with Crippen molar-refractivity contribution in [1.82, 2.24) is 0 Å². The molecule has 148 valence electrons. The largest absolute Gasteiger partial charge is 0.377 e. The highest BCUT2D eigenvalue weighted by molar-refractivity contribution is 4.86. The van der Waals surface area contributed by atoms with E-state index in [-0.39, 0.29) is 11.2 Å². The minimum absolute atomic E-state index is 0.0661. The molecule has 7 nitrogen and oxygen atoms in total. The zero-order valence-corrected chi connectivity index (χ0v) is 15.8. The van der Waals surface area contributed by atoms with Gasteiger partial charge in [-0.15, -0.1) is 0 Å². The van der Waals surface area contributed by atoms with E-state index in [1.807, 2.05) is 0 Å². The Balaban J connectivity index is 1.28. The van der Waals surface area contributed by atoms with E-state index in [0.29, 0.717) is 79.3 Å². The smallest absolute Gasteiger partial charge is 0.114 e. The Labute approximate surface area is 151 Å². The summed E-state index contributed by atoms with van der Waals surface area (Å²) in [5.74, 6) is 0. The van der Waals surface area contributed by atoms with Gasteiger partial charge in [-0.1, -0.05) is 13.8 Å². The van der Waals surface area contributed by atoms with Crippen LogP contribution in [0.25, 0.3) is 0 Å². The predicted octanol–water partition coefficient (Wildman–Crippen LogP) is 1.43. The van der Waals surface area contributed by atoms with Gasteiger partial charge in [0.25, 0.3) is 0 Å². The van der Waals surface area contributed by atoms with Crippen LogP contribution in [-0.2, 0) is 33.2 Å². The molecular weight excluding hydrogens is 328 g/mol. The van der Waals surface area contributed by atoms with E-state index in [9.17, 15) is 0 Å². The zero-order chi connectivity index (χ0) is 17.8. The molecule has 0 atom stereocenters. The number of hydrogen-bond acceptors (Lipinski definition) is 7. The van der Waals surface area contributed by atoms with Crippen LogP contribution in [0.15, 0.2) is 0 Å². The lowest BCUT2D eigenvalue weighted by Gasteiger charge is -2.40. The summed E-state index contributed by atoms with van der Waals surface area (Å²) >= 11 is 0. The topological polar surface area (TPSA) is 64.6 Å². The molecule has 7 heteroatoms. The molecule has 2 saturated heterocycles. The molecule has 0 saturated carbocycles. The highest BCUT2D eigenvalue weighted by Gasteiger charge is 2.38. The van der Waals surface area contributed by atoms with Crippen LogP contribution in [-0.4, -0.2) is 90.5 Å². The molecule has 0 aliphatic carbocycles. The average Bonchev–Trinajstić information content (AvgIpc) is 2.56. The predicted molar refractivity (Wildman–Crippen MR) is 92.0 cm³/mol. The summed E-state index contributed by atoms with van der Waals surface area (Å²) in [7, 11) is 0. The maximum Gasteiger partial charge on any atom is 0.114 e. The molecule has 0 bridgehead atoms. The Morgan fingerprint density at radius 1 is 0.560 bits per heavy atom. The number of rotatable bonds is 16. The Morgan fingerprint density at radius 2 is 0.880 bits per heavy atom. The lowest BCUT2D eigenvalue weighted by molar-refractivity contribution is -0.215. The first kappa shape index (κ1) is 21.0. The summed E-state index contributed by atoms with van der Waals surface area (Å²) in [6.07, 6.45) is 1.96.